The second-order valence-electron chi connectivity index (χ2n) is 11.0. The van der Waals surface area contributed by atoms with Crippen LogP contribution in [0.2, 0.25) is 0 Å². The third kappa shape index (κ3) is 6.31. The number of nitriles is 1. The number of alkyl halides is 3. The van der Waals surface area contributed by atoms with Crippen LogP contribution in [0.1, 0.15) is 29.5 Å². The number of halogens is 3. The minimum atomic E-state index is -4.54. The smallest absolute Gasteiger partial charge is 0.416 e. The van der Waals surface area contributed by atoms with Crippen molar-refractivity contribution in [3.63, 3.8) is 0 Å². The molecule has 0 unspecified atom stereocenters. The van der Waals surface area contributed by atoms with Gasteiger partial charge in [0.2, 0.25) is 5.91 Å². The van der Waals surface area contributed by atoms with Crippen LogP contribution in [0.5, 0.6) is 5.75 Å². The number of piperidine rings is 1. The molecular formula is C32H34F3N5O3. The number of anilines is 1. The lowest BCUT2D eigenvalue weighted by molar-refractivity contribution is -0.137. The van der Waals surface area contributed by atoms with Gasteiger partial charge in [-0.05, 0) is 61.9 Å². The number of pyridine rings is 1. The van der Waals surface area contributed by atoms with Crippen molar-refractivity contribution in [1.82, 2.24) is 15.2 Å². The summed E-state index contributed by atoms with van der Waals surface area (Å²) >= 11 is 0. The molecule has 8 nitrogen and oxygen atoms in total. The van der Waals surface area contributed by atoms with Crippen molar-refractivity contribution in [2.24, 2.45) is 0 Å². The number of hydrogen-bond donors (Lipinski definition) is 1. The number of benzene rings is 2. The second kappa shape index (κ2) is 12.6. The maximum Gasteiger partial charge on any atom is 0.416 e. The van der Waals surface area contributed by atoms with Crippen LogP contribution in [0.4, 0.5) is 18.9 Å². The van der Waals surface area contributed by atoms with Crippen LogP contribution in [-0.2, 0) is 21.1 Å². The van der Waals surface area contributed by atoms with Gasteiger partial charge in [-0.3, -0.25) is 14.7 Å². The Bertz CT molecular complexity index is 1480. The topological polar surface area (TPSA) is 90.7 Å². The zero-order chi connectivity index (χ0) is 30.6. The Balaban J connectivity index is 1.42. The lowest BCUT2D eigenvalue weighted by Gasteiger charge is -2.42. The SMILES string of the molecule is COc1ccccc1-c1ccc(C2(C(=O)NC[C@H]3COCCN3C)CCN(c3ccc(C(F)(F)F)cc3C#N)CC2)cn1. The lowest BCUT2D eigenvalue weighted by atomic mass is 9.72. The van der Waals surface area contributed by atoms with Gasteiger partial charge < -0.3 is 19.7 Å². The van der Waals surface area contributed by atoms with Gasteiger partial charge in [0, 0.05) is 37.9 Å². The van der Waals surface area contributed by atoms with E-state index in [2.05, 4.69) is 10.2 Å². The van der Waals surface area contributed by atoms with Gasteiger partial charge in [0.15, 0.2) is 0 Å². The van der Waals surface area contributed by atoms with E-state index in [4.69, 9.17) is 14.5 Å². The van der Waals surface area contributed by atoms with Gasteiger partial charge in [-0.15, -0.1) is 0 Å². The molecule has 226 valence electrons. The number of hydrogen-bond acceptors (Lipinski definition) is 7. The summed E-state index contributed by atoms with van der Waals surface area (Å²) in [6, 6.07) is 16.5. The van der Waals surface area contributed by atoms with Gasteiger partial charge in [-0.2, -0.15) is 18.4 Å². The van der Waals surface area contributed by atoms with Crippen LogP contribution < -0.4 is 15.0 Å². The predicted molar refractivity (Wildman–Crippen MR) is 156 cm³/mol. The van der Waals surface area contributed by atoms with Crippen molar-refractivity contribution >= 4 is 11.6 Å². The van der Waals surface area contributed by atoms with Gasteiger partial charge in [-0.25, -0.2) is 0 Å². The zero-order valence-electron chi connectivity index (χ0n) is 24.2. The molecule has 2 aliphatic rings. The molecule has 2 fully saturated rings. The molecule has 43 heavy (non-hydrogen) atoms. The van der Waals surface area contributed by atoms with Crippen LogP contribution in [0.25, 0.3) is 11.3 Å². The number of nitrogens with one attached hydrogen (secondary N) is 1. The Morgan fingerprint density at radius 3 is 2.58 bits per heavy atom. The van der Waals surface area contributed by atoms with Crippen LogP contribution in [-0.4, -0.2) is 75.4 Å². The van der Waals surface area contributed by atoms with Crippen molar-refractivity contribution in [2.45, 2.75) is 30.5 Å². The monoisotopic (exact) mass is 593 g/mol. The molecule has 0 saturated carbocycles. The number of ether oxygens (including phenoxy) is 2. The highest BCUT2D eigenvalue weighted by atomic mass is 19.4. The van der Waals surface area contributed by atoms with E-state index in [1.54, 1.807) is 13.3 Å². The average Bonchev–Trinajstić information content (AvgIpc) is 3.03. The Morgan fingerprint density at radius 2 is 1.93 bits per heavy atom. The summed E-state index contributed by atoms with van der Waals surface area (Å²) in [5, 5.41) is 12.8. The molecule has 0 spiro atoms. The normalized spacial score (nSPS) is 19.0. The average molecular weight is 594 g/mol. The molecule has 1 N–H and O–H groups in total. The van der Waals surface area contributed by atoms with Crippen molar-refractivity contribution in [1.29, 1.82) is 5.26 Å². The number of nitrogens with zero attached hydrogens (tertiary/aromatic N) is 4. The number of carbonyl (C=O) groups is 1. The molecule has 11 heteroatoms. The van der Waals surface area contributed by atoms with Crippen LogP contribution >= 0.6 is 0 Å². The highest BCUT2D eigenvalue weighted by Crippen LogP contribution is 2.40. The van der Waals surface area contributed by atoms with Crippen molar-refractivity contribution < 1.29 is 27.4 Å². The molecule has 2 aromatic carbocycles. The summed E-state index contributed by atoms with van der Waals surface area (Å²) in [6.45, 7) is 3.12. The van der Waals surface area contributed by atoms with Crippen molar-refractivity contribution in [3.05, 3.63) is 77.5 Å². The van der Waals surface area contributed by atoms with Gasteiger partial charge >= 0.3 is 6.18 Å². The first-order valence-corrected chi connectivity index (χ1v) is 14.2. The van der Waals surface area contributed by atoms with Gasteiger partial charge in [0.1, 0.15) is 11.8 Å². The van der Waals surface area contributed by atoms with E-state index in [1.165, 1.54) is 6.07 Å². The molecule has 3 aromatic rings. The summed E-state index contributed by atoms with van der Waals surface area (Å²) < 4.78 is 50.9. The maximum absolute atomic E-state index is 14.0. The third-order valence-electron chi connectivity index (χ3n) is 8.56. The number of likely N-dealkylation sites (N-methyl/N-ethyl adjacent to an activating group) is 1. The molecule has 3 heterocycles. The van der Waals surface area contributed by atoms with Gasteiger partial charge in [-0.1, -0.05) is 18.2 Å². The lowest BCUT2D eigenvalue weighted by Crippen LogP contribution is -2.55. The number of aromatic nitrogens is 1. The summed E-state index contributed by atoms with van der Waals surface area (Å²) in [5.41, 5.74) is 0.886. The largest absolute Gasteiger partial charge is 0.496 e. The Labute approximate surface area is 249 Å². The number of para-hydroxylation sites is 1. The molecule has 5 rings (SSSR count). The summed E-state index contributed by atoms with van der Waals surface area (Å²) in [4.78, 5) is 22.8. The van der Waals surface area contributed by atoms with Crippen LogP contribution in [0.3, 0.4) is 0 Å². The summed E-state index contributed by atoms with van der Waals surface area (Å²) in [5.74, 6) is 0.554. The number of rotatable bonds is 7. The minimum absolute atomic E-state index is 0.0464. The number of morpholine rings is 1. The van der Waals surface area contributed by atoms with E-state index >= 15 is 0 Å². The highest BCUT2D eigenvalue weighted by Gasteiger charge is 2.44. The molecule has 2 aliphatic heterocycles. The molecule has 0 aliphatic carbocycles. The first kappa shape index (κ1) is 30.3. The maximum atomic E-state index is 14.0. The number of methoxy groups -OCH3 is 1. The van der Waals surface area contributed by atoms with Gasteiger partial charge in [0.25, 0.3) is 0 Å². The van der Waals surface area contributed by atoms with E-state index < -0.39 is 17.2 Å². The minimum Gasteiger partial charge on any atom is -0.496 e. The standard InChI is InChI=1S/C32H34F3N5O3/c1-39-15-16-43-21-25(39)20-38-30(41)31(24-7-9-27(37-19-24)26-5-3-4-6-29(26)42-2)11-13-40(14-12-31)28-10-8-23(32(33,34)35)17-22(28)18-36/h3-10,17,19,25H,11-16,20-21H2,1-2H3,(H,38,41)/t25-/m0/s1. The van der Waals surface area contributed by atoms with E-state index in [0.29, 0.717) is 62.8 Å². The molecule has 0 bridgehead atoms. The Kier molecular flexibility index (Phi) is 8.89. The van der Waals surface area contributed by atoms with Gasteiger partial charge in [0.05, 0.1) is 54.3 Å². The fraction of sp³-hybridized carbons (Fsp3) is 0.406. The molecule has 1 aromatic heterocycles. The van der Waals surface area contributed by atoms with E-state index in [1.807, 2.05) is 54.4 Å². The zero-order valence-corrected chi connectivity index (χ0v) is 24.2. The number of amides is 1. The van der Waals surface area contributed by atoms with Crippen LogP contribution in [0.15, 0.2) is 60.8 Å². The highest BCUT2D eigenvalue weighted by molar-refractivity contribution is 5.89. The first-order chi connectivity index (χ1) is 20.7. The quantitative estimate of drug-likeness (QED) is 0.427. The third-order valence-corrected chi connectivity index (χ3v) is 8.56. The summed E-state index contributed by atoms with van der Waals surface area (Å²) in [7, 11) is 3.61. The first-order valence-electron chi connectivity index (χ1n) is 14.2. The van der Waals surface area contributed by atoms with E-state index in [0.717, 1.165) is 29.8 Å². The Hall–Kier alpha value is -4.14. The molecule has 2 saturated heterocycles. The van der Waals surface area contributed by atoms with Crippen molar-refractivity contribution in [3.8, 4) is 23.1 Å². The van der Waals surface area contributed by atoms with E-state index in [-0.39, 0.29) is 17.5 Å². The molecule has 0 radical (unpaired) electrons. The second-order valence-corrected chi connectivity index (χ2v) is 11.0. The van der Waals surface area contributed by atoms with E-state index in [9.17, 15) is 23.2 Å². The fourth-order valence-electron chi connectivity index (χ4n) is 5.88. The molecule has 1 amide bonds. The van der Waals surface area contributed by atoms with Crippen LogP contribution in [0, 0.1) is 11.3 Å². The van der Waals surface area contributed by atoms with Crippen molar-refractivity contribution in [2.75, 3.05) is 58.5 Å². The predicted octanol–water partition coefficient (Wildman–Crippen LogP) is 4.63. The molecule has 1 atom stereocenters. The number of carbonyl (C=O) groups excluding carboxylic acids is 1. The molecular weight excluding hydrogens is 559 g/mol. The summed E-state index contributed by atoms with van der Waals surface area (Å²) in [6.07, 6.45) is -2.04. The Morgan fingerprint density at radius 1 is 1.16 bits per heavy atom. The fourth-order valence-corrected chi connectivity index (χ4v) is 5.88.